The molecule has 1 N–H and O–H groups in total. The number of piperidine rings is 1. The molecule has 1 amide bonds. The van der Waals surface area contributed by atoms with Gasteiger partial charge in [-0.3, -0.25) is 9.69 Å². The zero-order chi connectivity index (χ0) is 25.9. The molecule has 2 aliphatic carbocycles. The first-order valence-electron chi connectivity index (χ1n) is 13.8. The standard InChI is InChI=1S/C32H34N2O4/c1-33(28(36)12-7-22-14-18-37-20-22)25-10-9-24-26-19-23-8-11-27(35)30-29(23)32(24,31(25)38-30)15-17-34(26)16-13-21-5-3-2-4-6-21/h2-8,11-12,14,18,20,24-26,31,35H,9-10,13,15-17,19H2,1H3/t24-,25-,26+,31-,32-/m0/s1. The third-order valence-corrected chi connectivity index (χ3v) is 9.74. The van der Waals surface area contributed by atoms with E-state index in [1.54, 1.807) is 30.7 Å². The number of rotatable bonds is 6. The van der Waals surface area contributed by atoms with Crippen LogP contribution in [0.3, 0.4) is 0 Å². The van der Waals surface area contributed by atoms with Gasteiger partial charge in [0.1, 0.15) is 6.10 Å². The second kappa shape index (κ2) is 9.05. The van der Waals surface area contributed by atoms with E-state index in [0.29, 0.717) is 17.7 Å². The van der Waals surface area contributed by atoms with Crippen LogP contribution < -0.4 is 4.74 Å². The predicted molar refractivity (Wildman–Crippen MR) is 145 cm³/mol. The van der Waals surface area contributed by atoms with E-state index in [-0.39, 0.29) is 29.2 Å². The summed E-state index contributed by atoms with van der Waals surface area (Å²) < 4.78 is 11.8. The first-order valence-corrected chi connectivity index (χ1v) is 13.8. The van der Waals surface area contributed by atoms with Gasteiger partial charge in [-0.1, -0.05) is 36.4 Å². The Labute approximate surface area is 223 Å². The van der Waals surface area contributed by atoms with Gasteiger partial charge >= 0.3 is 0 Å². The molecule has 3 aromatic rings. The van der Waals surface area contributed by atoms with E-state index >= 15 is 0 Å². The van der Waals surface area contributed by atoms with Crippen molar-refractivity contribution in [3.63, 3.8) is 0 Å². The summed E-state index contributed by atoms with van der Waals surface area (Å²) in [7, 11) is 1.89. The largest absolute Gasteiger partial charge is 0.504 e. The van der Waals surface area contributed by atoms with E-state index in [9.17, 15) is 9.90 Å². The van der Waals surface area contributed by atoms with Crippen LogP contribution >= 0.6 is 0 Å². The number of ether oxygens (including phenoxy) is 1. The van der Waals surface area contributed by atoms with Crippen LogP contribution in [0.5, 0.6) is 11.5 Å². The highest BCUT2D eigenvalue weighted by atomic mass is 16.5. The number of hydrogen-bond acceptors (Lipinski definition) is 5. The number of benzene rings is 2. The van der Waals surface area contributed by atoms with Crippen molar-refractivity contribution in [1.82, 2.24) is 9.80 Å². The lowest BCUT2D eigenvalue weighted by Crippen LogP contribution is -2.69. The van der Waals surface area contributed by atoms with Gasteiger partial charge in [-0.15, -0.1) is 0 Å². The number of amides is 1. The Morgan fingerprint density at radius 1 is 1.18 bits per heavy atom. The molecule has 6 heteroatoms. The molecular formula is C32H34N2O4. The van der Waals surface area contributed by atoms with Gasteiger partial charge in [0, 0.05) is 42.3 Å². The Kier molecular flexibility index (Phi) is 5.62. The zero-order valence-electron chi connectivity index (χ0n) is 21.8. The Morgan fingerprint density at radius 2 is 2.05 bits per heavy atom. The van der Waals surface area contributed by atoms with Crippen LogP contribution in [0.15, 0.2) is 71.6 Å². The number of hydrogen-bond donors (Lipinski definition) is 1. The molecule has 0 unspecified atom stereocenters. The van der Waals surface area contributed by atoms with E-state index in [0.717, 1.165) is 50.8 Å². The van der Waals surface area contributed by atoms with E-state index < -0.39 is 0 Å². The van der Waals surface area contributed by atoms with Crippen molar-refractivity contribution in [3.8, 4) is 11.5 Å². The van der Waals surface area contributed by atoms with Gasteiger partial charge in [0.25, 0.3) is 0 Å². The molecule has 1 saturated carbocycles. The Morgan fingerprint density at radius 3 is 2.87 bits per heavy atom. The summed E-state index contributed by atoms with van der Waals surface area (Å²) in [5.41, 5.74) is 4.62. The van der Waals surface area contributed by atoms with Gasteiger partial charge < -0.3 is 19.2 Å². The quantitative estimate of drug-likeness (QED) is 0.483. The summed E-state index contributed by atoms with van der Waals surface area (Å²) in [5.74, 6) is 1.30. The molecule has 0 radical (unpaired) electrons. The van der Waals surface area contributed by atoms with Crippen molar-refractivity contribution < 1.29 is 19.1 Å². The third-order valence-electron chi connectivity index (χ3n) is 9.74. The van der Waals surface area contributed by atoms with Crippen LogP contribution in [0.2, 0.25) is 0 Å². The summed E-state index contributed by atoms with van der Waals surface area (Å²) in [6, 6.07) is 16.9. The van der Waals surface area contributed by atoms with Gasteiger partial charge in [-0.25, -0.2) is 0 Å². The van der Waals surface area contributed by atoms with Gasteiger partial charge in [-0.2, -0.15) is 0 Å². The van der Waals surface area contributed by atoms with Gasteiger partial charge in [0.05, 0.1) is 18.6 Å². The van der Waals surface area contributed by atoms with Crippen LogP contribution in [-0.4, -0.2) is 59.1 Å². The van der Waals surface area contributed by atoms with Crippen LogP contribution in [0.1, 0.15) is 41.5 Å². The number of phenolic OH excluding ortho intramolecular Hbond substituents is 1. The number of likely N-dealkylation sites (tertiary alicyclic amines) is 1. The number of likely N-dealkylation sites (N-methyl/N-ethyl adjacent to an activating group) is 1. The maximum absolute atomic E-state index is 13.3. The molecule has 4 aliphatic rings. The zero-order valence-corrected chi connectivity index (χ0v) is 21.8. The molecule has 2 fully saturated rings. The molecule has 3 heterocycles. The topological polar surface area (TPSA) is 66.2 Å². The normalized spacial score (nSPS) is 29.2. The van der Waals surface area contributed by atoms with Gasteiger partial charge in [0.2, 0.25) is 5.91 Å². The average Bonchev–Trinajstić information content (AvgIpc) is 3.58. The maximum Gasteiger partial charge on any atom is 0.246 e. The first-order chi connectivity index (χ1) is 18.6. The molecule has 7 rings (SSSR count). The van der Waals surface area contributed by atoms with Gasteiger partial charge in [-0.05, 0) is 73.9 Å². The third kappa shape index (κ3) is 3.53. The fraction of sp³-hybridized carbons (Fsp3) is 0.406. The Hall–Kier alpha value is -3.51. The van der Waals surface area contributed by atoms with Crippen molar-refractivity contribution in [2.45, 2.75) is 55.7 Å². The molecule has 5 atom stereocenters. The molecule has 2 bridgehead atoms. The lowest BCUT2D eigenvalue weighted by molar-refractivity contribution is -0.135. The predicted octanol–water partition coefficient (Wildman–Crippen LogP) is 4.81. The second-order valence-corrected chi connectivity index (χ2v) is 11.4. The summed E-state index contributed by atoms with van der Waals surface area (Å²) in [5, 5.41) is 10.9. The van der Waals surface area contributed by atoms with Gasteiger partial charge in [0.15, 0.2) is 11.5 Å². The number of carbonyl (C=O) groups is 1. The molecular weight excluding hydrogens is 476 g/mol. The van der Waals surface area contributed by atoms with E-state index in [1.165, 1.54) is 16.7 Å². The second-order valence-electron chi connectivity index (χ2n) is 11.4. The van der Waals surface area contributed by atoms with Crippen LogP contribution in [-0.2, 0) is 23.1 Å². The highest BCUT2D eigenvalue weighted by molar-refractivity contribution is 5.91. The first kappa shape index (κ1) is 23.6. The monoisotopic (exact) mass is 510 g/mol. The van der Waals surface area contributed by atoms with Crippen LogP contribution in [0, 0.1) is 5.92 Å². The molecule has 6 nitrogen and oxygen atoms in total. The highest BCUT2D eigenvalue weighted by Gasteiger charge is 2.66. The molecule has 2 aliphatic heterocycles. The fourth-order valence-corrected chi connectivity index (χ4v) is 8.01. The van der Waals surface area contributed by atoms with E-state index in [4.69, 9.17) is 9.15 Å². The van der Waals surface area contributed by atoms with Crippen LogP contribution in [0.25, 0.3) is 6.08 Å². The number of phenols is 1. The van der Waals surface area contributed by atoms with Crippen molar-refractivity contribution >= 4 is 12.0 Å². The minimum Gasteiger partial charge on any atom is -0.504 e. The molecule has 1 spiro atoms. The smallest absolute Gasteiger partial charge is 0.246 e. The lowest BCUT2D eigenvalue weighted by atomic mass is 9.51. The summed E-state index contributed by atoms with van der Waals surface area (Å²) in [6.07, 6.45) is 11.5. The number of nitrogens with zero attached hydrogens (tertiary/aromatic N) is 2. The minimum atomic E-state index is -0.165. The minimum absolute atomic E-state index is 0.0392. The molecule has 2 aromatic carbocycles. The maximum atomic E-state index is 13.3. The van der Waals surface area contributed by atoms with Crippen molar-refractivity contribution in [2.24, 2.45) is 5.92 Å². The summed E-state index contributed by atoms with van der Waals surface area (Å²) in [6.45, 7) is 2.06. The highest BCUT2D eigenvalue weighted by Crippen LogP contribution is 2.64. The molecule has 1 aromatic heterocycles. The lowest BCUT2D eigenvalue weighted by Gasteiger charge is -2.60. The average molecular weight is 511 g/mol. The SMILES string of the molecule is CN(C(=O)C=Cc1ccoc1)[C@H]1CC[C@H]2[C@H]3Cc4ccc(O)c5c4[C@@]2(CCN3CCc2ccccc2)[C@H]1O5. The number of furan rings is 1. The fourth-order valence-electron chi connectivity index (χ4n) is 8.01. The molecule has 196 valence electrons. The summed E-state index contributed by atoms with van der Waals surface area (Å²) >= 11 is 0. The Bertz CT molecular complexity index is 1370. The summed E-state index contributed by atoms with van der Waals surface area (Å²) in [4.78, 5) is 17.8. The van der Waals surface area contributed by atoms with Crippen molar-refractivity contribution in [3.05, 3.63) is 89.4 Å². The van der Waals surface area contributed by atoms with Crippen molar-refractivity contribution in [1.29, 1.82) is 0 Å². The number of aromatic hydroxyl groups is 1. The van der Waals surface area contributed by atoms with E-state index in [1.807, 2.05) is 18.0 Å². The molecule has 38 heavy (non-hydrogen) atoms. The molecule has 1 saturated heterocycles. The van der Waals surface area contributed by atoms with E-state index in [2.05, 4.69) is 41.3 Å². The Balaban J connectivity index is 1.20. The van der Waals surface area contributed by atoms with Crippen molar-refractivity contribution in [2.75, 3.05) is 20.1 Å². The number of carbonyl (C=O) groups excluding carboxylic acids is 1. The van der Waals surface area contributed by atoms with Crippen LogP contribution in [0.4, 0.5) is 0 Å².